The molecule has 0 radical (unpaired) electrons. The van der Waals surface area contributed by atoms with Gasteiger partial charge in [0.2, 0.25) is 0 Å². The molecule has 0 spiro atoms. The number of thiocarbonyl (C=S) groups is 2. The molecule has 0 rings (SSSR count). The van der Waals surface area contributed by atoms with Gasteiger partial charge in [-0.15, -0.1) is 0 Å². The fourth-order valence-corrected chi connectivity index (χ4v) is 8.26. The maximum absolute atomic E-state index is 6.45. The fraction of sp³-hybridized carbons (Fsp3) is 0.959. The van der Waals surface area contributed by atoms with Gasteiger partial charge in [-0.05, 0) is 50.7 Å². The summed E-state index contributed by atoms with van der Waals surface area (Å²) in [4.78, 5) is 0.962. The highest BCUT2D eigenvalue weighted by Crippen LogP contribution is 2.19. The molecule has 4 heteroatoms. The Morgan fingerprint density at radius 1 is 0.358 bits per heavy atom. The van der Waals surface area contributed by atoms with E-state index in [4.69, 9.17) is 29.2 Å². The third kappa shape index (κ3) is 44.4. The molecule has 0 aromatic heterocycles. The molecule has 0 saturated carbocycles. The van der Waals surface area contributed by atoms with Crippen LogP contribution in [0.5, 0.6) is 0 Å². The lowest BCUT2D eigenvalue weighted by Gasteiger charge is -2.20. The first-order valence-corrected chi connectivity index (χ1v) is 25.4. The van der Waals surface area contributed by atoms with Crippen LogP contribution in [0, 0.1) is 0 Å². The average molecular weight is 780 g/mol. The summed E-state index contributed by atoms with van der Waals surface area (Å²) in [5.74, 6) is 0. The van der Waals surface area contributed by atoms with E-state index in [1.54, 1.807) is 0 Å². The van der Waals surface area contributed by atoms with Gasteiger partial charge >= 0.3 is 0 Å². The lowest BCUT2D eigenvalue weighted by Crippen LogP contribution is -2.30. The molecule has 0 amide bonds. The van der Waals surface area contributed by atoms with Crippen molar-refractivity contribution in [3.63, 3.8) is 0 Å². The van der Waals surface area contributed by atoms with E-state index in [-0.39, 0.29) is 6.10 Å². The van der Waals surface area contributed by atoms with E-state index in [9.17, 15) is 0 Å². The Labute approximate surface area is 346 Å². The van der Waals surface area contributed by atoms with Gasteiger partial charge in [-0.2, -0.15) is 0 Å². The molecule has 0 bridgehead atoms. The molecule has 2 nitrogen and oxygen atoms in total. The SMILES string of the molecule is CCCCCCCCCCCCCCCCC(CCCCCCCCCCCCCC)OC(=S)CNC(=S)CCCCCCCCCCCCCCC. The summed E-state index contributed by atoms with van der Waals surface area (Å²) in [6.45, 7) is 7.50. The number of rotatable bonds is 45. The Bertz CT molecular complexity index is 727. The van der Waals surface area contributed by atoms with Crippen LogP contribution >= 0.6 is 24.4 Å². The van der Waals surface area contributed by atoms with E-state index in [1.807, 2.05) is 0 Å². The van der Waals surface area contributed by atoms with Crippen molar-refractivity contribution in [3.8, 4) is 0 Å². The first kappa shape index (κ1) is 52.8. The number of unbranched alkanes of at least 4 members (excludes halogenated alkanes) is 36. The van der Waals surface area contributed by atoms with Gasteiger partial charge < -0.3 is 10.1 Å². The Morgan fingerprint density at radius 3 is 0.887 bits per heavy atom. The fourth-order valence-electron chi connectivity index (χ4n) is 7.83. The molecule has 316 valence electrons. The summed E-state index contributed by atoms with van der Waals surface area (Å²) >= 11 is 11.4. The zero-order chi connectivity index (χ0) is 38.6. The molecule has 0 fully saturated rings. The second-order valence-corrected chi connectivity index (χ2v) is 17.9. The van der Waals surface area contributed by atoms with Gasteiger partial charge in [0.25, 0.3) is 0 Å². The van der Waals surface area contributed by atoms with Crippen molar-refractivity contribution < 1.29 is 4.74 Å². The van der Waals surface area contributed by atoms with E-state index in [1.165, 1.54) is 250 Å². The molecular formula is C49H97NOS2. The highest BCUT2D eigenvalue weighted by Gasteiger charge is 2.13. The van der Waals surface area contributed by atoms with Gasteiger partial charge in [0, 0.05) is 0 Å². The summed E-state index contributed by atoms with van der Waals surface area (Å²) in [6.07, 6.45) is 58.0. The average Bonchev–Trinajstić information content (AvgIpc) is 3.16. The molecule has 53 heavy (non-hydrogen) atoms. The quantitative estimate of drug-likeness (QED) is 0.0491. The third-order valence-electron chi connectivity index (χ3n) is 11.5. The second-order valence-electron chi connectivity index (χ2n) is 16.9. The summed E-state index contributed by atoms with van der Waals surface area (Å²) in [6, 6.07) is 0. The third-order valence-corrected chi connectivity index (χ3v) is 12.1. The maximum Gasteiger partial charge on any atom is 0.179 e. The zero-order valence-corrected chi connectivity index (χ0v) is 38.3. The van der Waals surface area contributed by atoms with Crippen LogP contribution in [0.1, 0.15) is 290 Å². The molecule has 0 aliphatic carbocycles. The van der Waals surface area contributed by atoms with Gasteiger partial charge in [-0.3, -0.25) is 0 Å². The van der Waals surface area contributed by atoms with Gasteiger partial charge in [-0.1, -0.05) is 264 Å². The van der Waals surface area contributed by atoms with E-state index >= 15 is 0 Å². The van der Waals surface area contributed by atoms with Crippen molar-refractivity contribution in [3.05, 3.63) is 0 Å². The number of hydrogen-bond donors (Lipinski definition) is 1. The zero-order valence-electron chi connectivity index (χ0n) is 36.7. The van der Waals surface area contributed by atoms with Gasteiger partial charge in [0.15, 0.2) is 5.05 Å². The first-order valence-electron chi connectivity index (χ1n) is 24.6. The minimum Gasteiger partial charge on any atom is -0.482 e. The van der Waals surface area contributed by atoms with Crippen LogP contribution in [0.25, 0.3) is 0 Å². The Kier molecular flexibility index (Phi) is 46.0. The summed E-state index contributed by atoms with van der Waals surface area (Å²) in [5, 5.41) is 4.15. The minimum atomic E-state index is 0.277. The number of hydrogen-bond acceptors (Lipinski definition) is 3. The molecule has 0 heterocycles. The van der Waals surface area contributed by atoms with Crippen LogP contribution in [0.2, 0.25) is 0 Å². The van der Waals surface area contributed by atoms with Gasteiger partial charge in [0.05, 0.1) is 17.6 Å². The van der Waals surface area contributed by atoms with Crippen molar-refractivity contribution in [1.82, 2.24) is 5.32 Å². The van der Waals surface area contributed by atoms with Crippen LogP contribution in [0.3, 0.4) is 0 Å². The van der Waals surface area contributed by atoms with Gasteiger partial charge in [-0.25, -0.2) is 0 Å². The molecule has 1 N–H and O–H groups in total. The van der Waals surface area contributed by atoms with Crippen molar-refractivity contribution >= 4 is 34.5 Å². The van der Waals surface area contributed by atoms with Crippen LogP contribution in [0.4, 0.5) is 0 Å². The monoisotopic (exact) mass is 780 g/mol. The van der Waals surface area contributed by atoms with Crippen molar-refractivity contribution in [1.29, 1.82) is 0 Å². The number of ether oxygens (including phenoxy) is 1. The van der Waals surface area contributed by atoms with Gasteiger partial charge in [0.1, 0.15) is 0 Å². The largest absolute Gasteiger partial charge is 0.482 e. The molecule has 1 atom stereocenters. The summed E-state index contributed by atoms with van der Waals surface area (Å²) < 4.78 is 6.45. The van der Waals surface area contributed by atoms with Crippen LogP contribution in [-0.2, 0) is 4.74 Å². The predicted molar refractivity (Wildman–Crippen MR) is 249 cm³/mol. The topological polar surface area (TPSA) is 21.3 Å². The summed E-state index contributed by atoms with van der Waals surface area (Å²) in [5.41, 5.74) is 0. The molecule has 0 aromatic rings. The first-order chi connectivity index (χ1) is 26.1. The van der Waals surface area contributed by atoms with Crippen molar-refractivity contribution in [2.24, 2.45) is 0 Å². The van der Waals surface area contributed by atoms with E-state index in [0.717, 1.165) is 24.3 Å². The Hall–Kier alpha value is -0.220. The smallest absolute Gasteiger partial charge is 0.179 e. The minimum absolute atomic E-state index is 0.277. The van der Waals surface area contributed by atoms with Crippen LogP contribution in [0.15, 0.2) is 0 Å². The normalized spacial score (nSPS) is 12.0. The maximum atomic E-state index is 6.45. The second kappa shape index (κ2) is 46.2. The lowest BCUT2D eigenvalue weighted by molar-refractivity contribution is 0.162. The van der Waals surface area contributed by atoms with E-state index in [2.05, 4.69) is 26.1 Å². The van der Waals surface area contributed by atoms with Crippen LogP contribution in [-0.4, -0.2) is 22.7 Å². The molecule has 0 aliphatic heterocycles. The molecular weight excluding hydrogens is 683 g/mol. The molecule has 0 aromatic carbocycles. The highest BCUT2D eigenvalue weighted by molar-refractivity contribution is 7.80. The van der Waals surface area contributed by atoms with E-state index < -0.39 is 0 Å². The molecule has 1 unspecified atom stereocenters. The predicted octanol–water partition coefficient (Wildman–Crippen LogP) is 18.1. The molecule has 0 saturated heterocycles. The highest BCUT2D eigenvalue weighted by atomic mass is 32.1. The number of nitrogens with one attached hydrogen (secondary N) is 1. The Morgan fingerprint density at radius 2 is 0.604 bits per heavy atom. The van der Waals surface area contributed by atoms with Crippen molar-refractivity contribution in [2.45, 2.75) is 297 Å². The standard InChI is InChI=1S/C49H97NOS2/c1-4-7-10-13-16-19-22-25-27-29-32-35-38-41-44-47(43-40-37-34-31-28-24-21-18-15-12-9-6-3)51-49(53)46-50-48(52)45-42-39-36-33-30-26-23-20-17-14-11-8-5-2/h47H,4-46H2,1-3H3,(H,50,52). The molecule has 0 aliphatic rings. The summed E-state index contributed by atoms with van der Waals surface area (Å²) in [7, 11) is 0. The Balaban J connectivity index is 4.15. The lowest BCUT2D eigenvalue weighted by atomic mass is 10.0. The van der Waals surface area contributed by atoms with E-state index in [0.29, 0.717) is 11.6 Å². The van der Waals surface area contributed by atoms with Crippen molar-refractivity contribution in [2.75, 3.05) is 6.54 Å². The van der Waals surface area contributed by atoms with Crippen LogP contribution < -0.4 is 5.32 Å².